The summed E-state index contributed by atoms with van der Waals surface area (Å²) < 4.78 is 12.4. The van der Waals surface area contributed by atoms with E-state index in [0.717, 1.165) is 56.0 Å². The van der Waals surface area contributed by atoms with E-state index in [1.54, 1.807) is 5.57 Å². The van der Waals surface area contributed by atoms with Gasteiger partial charge < -0.3 is 9.47 Å². The predicted octanol–water partition coefficient (Wildman–Crippen LogP) is 9.09. The lowest BCUT2D eigenvalue weighted by molar-refractivity contribution is -0.195. The number of hydrogen-bond donors (Lipinski definition) is 0. The minimum atomic E-state index is 0.0466. The zero-order chi connectivity index (χ0) is 26.6. The van der Waals surface area contributed by atoms with E-state index >= 15 is 0 Å². The van der Waals surface area contributed by atoms with Crippen molar-refractivity contribution >= 4 is 0 Å². The van der Waals surface area contributed by atoms with Crippen LogP contribution in [0.1, 0.15) is 130 Å². The van der Waals surface area contributed by atoms with Crippen LogP contribution in [0.5, 0.6) is 0 Å². The molecule has 0 amide bonds. The van der Waals surface area contributed by atoms with Crippen molar-refractivity contribution in [2.45, 2.75) is 143 Å². The summed E-state index contributed by atoms with van der Waals surface area (Å²) in [4.78, 5) is 0. The van der Waals surface area contributed by atoms with E-state index in [1.165, 1.54) is 77.0 Å². The number of hydrogen-bond acceptors (Lipinski definition) is 2. The molecule has 0 aromatic rings. The molecule has 210 valence electrons. The van der Waals surface area contributed by atoms with Gasteiger partial charge in [0.2, 0.25) is 0 Å². The highest BCUT2D eigenvalue weighted by atomic mass is 16.7. The number of rotatable bonds is 7. The topological polar surface area (TPSA) is 18.5 Å². The Bertz CT molecular complexity index is 951. The van der Waals surface area contributed by atoms with Gasteiger partial charge in [0, 0.05) is 19.4 Å². The molecule has 0 bridgehead atoms. The first-order valence-corrected chi connectivity index (χ1v) is 16.4. The minimum absolute atomic E-state index is 0.0466. The zero-order valence-electron chi connectivity index (χ0n) is 25.0. The summed E-state index contributed by atoms with van der Waals surface area (Å²) >= 11 is 0. The lowest BCUT2D eigenvalue weighted by atomic mass is 9.47. The molecule has 0 spiro atoms. The number of unbranched alkanes of at least 4 members (excludes halogenated alkanes) is 3. The van der Waals surface area contributed by atoms with Gasteiger partial charge in [0.15, 0.2) is 6.29 Å². The van der Waals surface area contributed by atoms with Crippen LogP contribution in [0.2, 0.25) is 0 Å². The Kier molecular flexibility index (Phi) is 9.33. The van der Waals surface area contributed by atoms with E-state index in [-0.39, 0.29) is 6.29 Å². The fraction of sp³-hybridized carbons (Fsp3) is 0.833. The Morgan fingerprint density at radius 1 is 1.00 bits per heavy atom. The Morgan fingerprint density at radius 3 is 2.68 bits per heavy atom. The van der Waals surface area contributed by atoms with Crippen LogP contribution in [-0.4, -0.2) is 19.0 Å². The zero-order valence-corrected chi connectivity index (χ0v) is 25.0. The van der Waals surface area contributed by atoms with Crippen molar-refractivity contribution in [3.05, 3.63) is 11.6 Å². The molecule has 1 heterocycles. The molecule has 5 rings (SSSR count). The van der Waals surface area contributed by atoms with Crippen molar-refractivity contribution in [2.75, 3.05) is 6.61 Å². The molecule has 38 heavy (non-hydrogen) atoms. The van der Waals surface area contributed by atoms with E-state index < -0.39 is 0 Å². The first kappa shape index (κ1) is 28.3. The van der Waals surface area contributed by atoms with E-state index in [4.69, 9.17) is 9.47 Å². The summed E-state index contributed by atoms with van der Waals surface area (Å²) in [6.45, 7) is 10.9. The standard InChI is InChI=1S/C36H54O2/c1-5-6-7-8-9-10-11-12-15-27(2)31-19-20-32-30-18-17-28-26-29(38-34-16-13-14-25-37-34)21-23-35(28,3)33(30)22-24-36(31,32)4/h17,27,29-34H,5-8,13-16,18-26H2,1-4H3/t27-,29+,30+,31-,32+,33+,34?,35+,36-/m1/s1. The van der Waals surface area contributed by atoms with Crippen LogP contribution in [0.25, 0.3) is 0 Å². The summed E-state index contributed by atoms with van der Waals surface area (Å²) in [5.74, 6) is 17.1. The molecule has 5 aliphatic rings. The van der Waals surface area contributed by atoms with Gasteiger partial charge in [-0.3, -0.25) is 0 Å². The van der Waals surface area contributed by atoms with Crippen LogP contribution in [0.3, 0.4) is 0 Å². The summed E-state index contributed by atoms with van der Waals surface area (Å²) in [6, 6.07) is 0. The summed E-state index contributed by atoms with van der Waals surface area (Å²) in [7, 11) is 0. The molecule has 4 aliphatic carbocycles. The van der Waals surface area contributed by atoms with Crippen molar-refractivity contribution in [3.63, 3.8) is 0 Å². The molecule has 0 aromatic carbocycles. The minimum Gasteiger partial charge on any atom is -0.353 e. The fourth-order valence-corrected chi connectivity index (χ4v) is 9.72. The largest absolute Gasteiger partial charge is 0.353 e. The number of allylic oxidation sites excluding steroid dienone is 1. The van der Waals surface area contributed by atoms with Crippen LogP contribution in [-0.2, 0) is 9.47 Å². The van der Waals surface area contributed by atoms with Crippen molar-refractivity contribution < 1.29 is 9.47 Å². The number of ether oxygens (including phenoxy) is 2. The predicted molar refractivity (Wildman–Crippen MR) is 157 cm³/mol. The third kappa shape index (κ3) is 5.79. The van der Waals surface area contributed by atoms with Gasteiger partial charge in [-0.05, 0) is 129 Å². The molecule has 2 heteroatoms. The van der Waals surface area contributed by atoms with E-state index in [1.807, 2.05) is 0 Å². The third-order valence-corrected chi connectivity index (χ3v) is 11.9. The van der Waals surface area contributed by atoms with Crippen LogP contribution >= 0.6 is 0 Å². The second kappa shape index (κ2) is 12.5. The van der Waals surface area contributed by atoms with Gasteiger partial charge in [-0.1, -0.05) is 64.0 Å². The molecule has 1 aliphatic heterocycles. The van der Waals surface area contributed by atoms with E-state index in [2.05, 4.69) is 57.5 Å². The first-order chi connectivity index (χ1) is 18.5. The molecule has 2 nitrogen and oxygen atoms in total. The normalized spacial score (nSPS) is 40.8. The molecule has 9 atom stereocenters. The highest BCUT2D eigenvalue weighted by Gasteiger charge is 2.59. The Labute approximate surface area is 234 Å². The molecule has 1 unspecified atom stereocenters. The van der Waals surface area contributed by atoms with Gasteiger partial charge >= 0.3 is 0 Å². The van der Waals surface area contributed by atoms with Crippen LogP contribution < -0.4 is 0 Å². The maximum Gasteiger partial charge on any atom is 0.157 e. The highest BCUT2D eigenvalue weighted by molar-refractivity contribution is 5.27. The van der Waals surface area contributed by atoms with Crippen LogP contribution in [0, 0.1) is 64.1 Å². The van der Waals surface area contributed by atoms with E-state index in [9.17, 15) is 0 Å². The summed E-state index contributed by atoms with van der Waals surface area (Å²) in [5, 5.41) is 0. The van der Waals surface area contributed by atoms with Crippen molar-refractivity contribution in [2.24, 2.45) is 40.4 Å². The van der Waals surface area contributed by atoms with Gasteiger partial charge in [-0.25, -0.2) is 0 Å². The highest BCUT2D eigenvalue weighted by Crippen LogP contribution is 2.67. The molecule has 0 radical (unpaired) electrons. The Morgan fingerprint density at radius 2 is 1.87 bits per heavy atom. The second-order valence-electron chi connectivity index (χ2n) is 14.0. The first-order valence-electron chi connectivity index (χ1n) is 16.4. The maximum atomic E-state index is 6.47. The van der Waals surface area contributed by atoms with Gasteiger partial charge in [0.05, 0.1) is 6.10 Å². The van der Waals surface area contributed by atoms with Crippen LogP contribution in [0.15, 0.2) is 11.6 Å². The SMILES string of the molecule is CCCCCC#CC#CC[C@@H](C)[C@H]1CC[C@H]2[C@@H]3CC=C4C[C@@H](OC5CCCCO5)CC[C@]4(C)[C@H]3CC[C@]12C. The van der Waals surface area contributed by atoms with Gasteiger partial charge in [0.1, 0.15) is 0 Å². The average Bonchev–Trinajstić information content (AvgIpc) is 3.28. The monoisotopic (exact) mass is 518 g/mol. The lowest BCUT2D eigenvalue weighted by Crippen LogP contribution is -2.51. The molecule has 4 fully saturated rings. The van der Waals surface area contributed by atoms with Crippen molar-refractivity contribution in [3.8, 4) is 23.7 Å². The Hall–Kier alpha value is -1.22. The van der Waals surface area contributed by atoms with E-state index in [0.29, 0.717) is 22.9 Å². The molecular weight excluding hydrogens is 464 g/mol. The average molecular weight is 519 g/mol. The summed E-state index contributed by atoms with van der Waals surface area (Å²) in [5.41, 5.74) is 2.61. The lowest BCUT2D eigenvalue weighted by Gasteiger charge is -2.58. The van der Waals surface area contributed by atoms with Gasteiger partial charge in [0.25, 0.3) is 0 Å². The Balaban J connectivity index is 1.19. The molecular formula is C36H54O2. The molecule has 0 aromatic heterocycles. The summed E-state index contributed by atoms with van der Waals surface area (Å²) in [6.07, 6.45) is 23.0. The molecule has 1 saturated heterocycles. The van der Waals surface area contributed by atoms with Crippen molar-refractivity contribution in [1.29, 1.82) is 0 Å². The quantitative estimate of drug-likeness (QED) is 0.190. The smallest absolute Gasteiger partial charge is 0.157 e. The van der Waals surface area contributed by atoms with Crippen LogP contribution in [0.4, 0.5) is 0 Å². The number of fused-ring (bicyclic) bond motifs is 5. The fourth-order valence-electron chi connectivity index (χ4n) is 9.72. The van der Waals surface area contributed by atoms with Gasteiger partial charge in [-0.15, -0.1) is 0 Å². The molecule has 3 saturated carbocycles. The third-order valence-electron chi connectivity index (χ3n) is 11.9. The molecule has 0 N–H and O–H groups in total. The van der Waals surface area contributed by atoms with Crippen molar-refractivity contribution in [1.82, 2.24) is 0 Å². The second-order valence-corrected chi connectivity index (χ2v) is 14.0. The maximum absolute atomic E-state index is 6.47. The van der Waals surface area contributed by atoms with Gasteiger partial charge in [-0.2, -0.15) is 0 Å².